The number of thiophene rings is 1. The summed E-state index contributed by atoms with van der Waals surface area (Å²) < 4.78 is 0. The number of nitrogens with zero attached hydrogens (tertiary/aromatic N) is 2. The van der Waals surface area contributed by atoms with E-state index in [1.165, 1.54) is 5.56 Å². The van der Waals surface area contributed by atoms with Gasteiger partial charge in [-0.2, -0.15) is 0 Å². The summed E-state index contributed by atoms with van der Waals surface area (Å²) in [5.41, 5.74) is 2.14. The summed E-state index contributed by atoms with van der Waals surface area (Å²) >= 11 is 1.66. The third kappa shape index (κ3) is 2.91. The SMILES string of the molecule is CCc1ccc(C(c2cccs2)N2CCCC2C(=O)O)nc1. The molecule has 3 rings (SSSR count). The van der Waals surface area contributed by atoms with Gasteiger partial charge in [0, 0.05) is 17.6 Å². The minimum atomic E-state index is -0.732. The van der Waals surface area contributed by atoms with Crippen LogP contribution in [0.4, 0.5) is 0 Å². The van der Waals surface area contributed by atoms with E-state index in [0.29, 0.717) is 6.42 Å². The molecule has 1 fully saturated rings. The van der Waals surface area contributed by atoms with Crippen LogP contribution in [0.5, 0.6) is 0 Å². The second-order valence-electron chi connectivity index (χ2n) is 5.60. The highest BCUT2D eigenvalue weighted by Gasteiger charge is 2.37. The van der Waals surface area contributed by atoms with Crippen LogP contribution in [0.1, 0.15) is 41.9 Å². The summed E-state index contributed by atoms with van der Waals surface area (Å²) in [5.74, 6) is -0.732. The Hall–Kier alpha value is -1.72. The molecule has 5 heteroatoms. The van der Waals surface area contributed by atoms with Crippen molar-refractivity contribution >= 4 is 17.3 Å². The first-order valence-corrected chi connectivity index (χ1v) is 8.55. The highest BCUT2D eigenvalue weighted by Crippen LogP contribution is 2.36. The van der Waals surface area contributed by atoms with Crippen LogP contribution in [0.15, 0.2) is 35.8 Å². The maximum absolute atomic E-state index is 11.6. The van der Waals surface area contributed by atoms with E-state index in [0.717, 1.165) is 30.0 Å². The van der Waals surface area contributed by atoms with Crippen LogP contribution in [-0.4, -0.2) is 33.5 Å². The maximum Gasteiger partial charge on any atom is 0.320 e. The summed E-state index contributed by atoms with van der Waals surface area (Å²) in [6.07, 6.45) is 4.50. The molecule has 0 aromatic carbocycles. The minimum absolute atomic E-state index is 0.0606. The first-order chi connectivity index (χ1) is 10.7. The van der Waals surface area contributed by atoms with E-state index >= 15 is 0 Å². The molecule has 1 aliphatic rings. The number of carbonyl (C=O) groups is 1. The zero-order chi connectivity index (χ0) is 15.5. The molecule has 1 saturated heterocycles. The van der Waals surface area contributed by atoms with Crippen molar-refractivity contribution in [1.82, 2.24) is 9.88 Å². The lowest BCUT2D eigenvalue weighted by Gasteiger charge is -2.30. The molecule has 0 radical (unpaired) electrons. The molecule has 3 heterocycles. The van der Waals surface area contributed by atoms with Gasteiger partial charge in [-0.3, -0.25) is 14.7 Å². The van der Waals surface area contributed by atoms with Crippen molar-refractivity contribution in [2.24, 2.45) is 0 Å². The summed E-state index contributed by atoms with van der Waals surface area (Å²) in [6, 6.07) is 7.74. The van der Waals surface area contributed by atoms with E-state index in [1.54, 1.807) is 11.3 Å². The molecular formula is C17H20N2O2S. The summed E-state index contributed by atoms with van der Waals surface area (Å²) in [4.78, 5) is 19.4. The Labute approximate surface area is 134 Å². The van der Waals surface area contributed by atoms with Gasteiger partial charge in [0.1, 0.15) is 6.04 Å². The normalized spacial score (nSPS) is 20.1. The number of hydrogen-bond donors (Lipinski definition) is 1. The van der Waals surface area contributed by atoms with E-state index < -0.39 is 12.0 Å². The van der Waals surface area contributed by atoms with Crippen molar-refractivity contribution in [3.8, 4) is 0 Å². The number of hydrogen-bond acceptors (Lipinski definition) is 4. The molecule has 1 aliphatic heterocycles. The van der Waals surface area contributed by atoms with Crippen molar-refractivity contribution in [3.05, 3.63) is 52.0 Å². The van der Waals surface area contributed by atoms with Crippen molar-refractivity contribution in [2.75, 3.05) is 6.54 Å². The maximum atomic E-state index is 11.6. The molecule has 0 amide bonds. The van der Waals surface area contributed by atoms with Gasteiger partial charge < -0.3 is 5.11 Å². The summed E-state index contributed by atoms with van der Waals surface area (Å²) in [7, 11) is 0. The zero-order valence-corrected chi connectivity index (χ0v) is 13.4. The number of carboxylic acid groups (broad SMARTS) is 1. The van der Waals surface area contributed by atoms with E-state index in [-0.39, 0.29) is 6.04 Å². The lowest BCUT2D eigenvalue weighted by atomic mass is 10.1. The van der Waals surface area contributed by atoms with Crippen LogP contribution in [0.25, 0.3) is 0 Å². The van der Waals surface area contributed by atoms with Gasteiger partial charge in [-0.05, 0) is 42.3 Å². The van der Waals surface area contributed by atoms with Crippen LogP contribution in [0.2, 0.25) is 0 Å². The van der Waals surface area contributed by atoms with E-state index in [9.17, 15) is 9.90 Å². The molecule has 116 valence electrons. The molecular weight excluding hydrogens is 296 g/mol. The second-order valence-corrected chi connectivity index (χ2v) is 6.58. The number of aliphatic carboxylic acids is 1. The molecule has 0 aliphatic carbocycles. The molecule has 2 unspecified atom stereocenters. The first-order valence-electron chi connectivity index (χ1n) is 7.67. The molecule has 2 atom stereocenters. The predicted octanol–water partition coefficient (Wildman–Crippen LogP) is 3.34. The average molecular weight is 316 g/mol. The highest BCUT2D eigenvalue weighted by atomic mass is 32.1. The summed E-state index contributed by atoms with van der Waals surface area (Å²) in [5, 5.41) is 11.5. The van der Waals surface area contributed by atoms with Crippen molar-refractivity contribution in [3.63, 3.8) is 0 Å². The van der Waals surface area contributed by atoms with Crippen LogP contribution in [-0.2, 0) is 11.2 Å². The van der Waals surface area contributed by atoms with Crippen LogP contribution in [0.3, 0.4) is 0 Å². The lowest BCUT2D eigenvalue weighted by Crippen LogP contribution is -2.39. The predicted molar refractivity (Wildman–Crippen MR) is 87.1 cm³/mol. The Bertz CT molecular complexity index is 625. The van der Waals surface area contributed by atoms with Gasteiger partial charge >= 0.3 is 5.97 Å². The molecule has 4 nitrogen and oxygen atoms in total. The van der Waals surface area contributed by atoms with Crippen molar-refractivity contribution < 1.29 is 9.90 Å². The third-order valence-corrected chi connectivity index (χ3v) is 5.18. The van der Waals surface area contributed by atoms with Gasteiger partial charge in [-0.25, -0.2) is 0 Å². The fourth-order valence-electron chi connectivity index (χ4n) is 3.10. The van der Waals surface area contributed by atoms with Crippen LogP contribution >= 0.6 is 11.3 Å². The first kappa shape index (κ1) is 15.2. The zero-order valence-electron chi connectivity index (χ0n) is 12.6. The largest absolute Gasteiger partial charge is 0.480 e. The van der Waals surface area contributed by atoms with Gasteiger partial charge in [-0.1, -0.05) is 19.1 Å². The Morgan fingerprint density at radius 3 is 2.95 bits per heavy atom. The Morgan fingerprint density at radius 2 is 2.36 bits per heavy atom. The Balaban J connectivity index is 1.98. The van der Waals surface area contributed by atoms with E-state index in [2.05, 4.69) is 28.9 Å². The molecule has 2 aromatic rings. The summed E-state index contributed by atoms with van der Waals surface area (Å²) in [6.45, 7) is 2.91. The fraction of sp³-hybridized carbons (Fsp3) is 0.412. The molecule has 22 heavy (non-hydrogen) atoms. The average Bonchev–Trinajstić information content (AvgIpc) is 3.20. The quantitative estimate of drug-likeness (QED) is 0.919. The smallest absolute Gasteiger partial charge is 0.320 e. The fourth-order valence-corrected chi connectivity index (χ4v) is 3.95. The second kappa shape index (κ2) is 6.58. The Morgan fingerprint density at radius 1 is 1.50 bits per heavy atom. The van der Waals surface area contributed by atoms with Gasteiger partial charge in [0.2, 0.25) is 0 Å². The minimum Gasteiger partial charge on any atom is -0.480 e. The Kier molecular flexibility index (Phi) is 4.55. The van der Waals surface area contributed by atoms with E-state index in [4.69, 9.17) is 0 Å². The highest BCUT2D eigenvalue weighted by molar-refractivity contribution is 7.10. The number of carboxylic acids is 1. The molecule has 0 bridgehead atoms. The van der Waals surface area contributed by atoms with Crippen molar-refractivity contribution in [2.45, 2.75) is 38.3 Å². The van der Waals surface area contributed by atoms with Crippen molar-refractivity contribution in [1.29, 1.82) is 0 Å². The topological polar surface area (TPSA) is 53.4 Å². The lowest BCUT2D eigenvalue weighted by molar-refractivity contribution is -0.142. The number of rotatable bonds is 5. The van der Waals surface area contributed by atoms with Gasteiger partial charge in [-0.15, -0.1) is 11.3 Å². The van der Waals surface area contributed by atoms with Gasteiger partial charge in [0.15, 0.2) is 0 Å². The van der Waals surface area contributed by atoms with Gasteiger partial charge in [0.05, 0.1) is 11.7 Å². The molecule has 2 aromatic heterocycles. The molecule has 0 saturated carbocycles. The standard InChI is InChI=1S/C17H20N2O2S/c1-2-12-7-8-13(18-11-12)16(15-6-4-10-22-15)19-9-3-5-14(19)17(20)21/h4,6-8,10-11,14,16H,2-3,5,9H2,1H3,(H,20,21). The molecule has 0 spiro atoms. The number of pyridine rings is 1. The number of likely N-dealkylation sites (tertiary alicyclic amines) is 1. The van der Waals surface area contributed by atoms with Crippen LogP contribution in [0, 0.1) is 0 Å². The van der Waals surface area contributed by atoms with E-state index in [1.807, 2.05) is 23.7 Å². The number of aromatic nitrogens is 1. The third-order valence-electron chi connectivity index (χ3n) is 4.26. The van der Waals surface area contributed by atoms with Crippen LogP contribution < -0.4 is 0 Å². The van der Waals surface area contributed by atoms with Gasteiger partial charge in [0.25, 0.3) is 0 Å². The number of aryl methyl sites for hydroxylation is 1. The molecule has 1 N–H and O–H groups in total. The monoisotopic (exact) mass is 316 g/mol.